The van der Waals surface area contributed by atoms with Crippen LogP contribution in [0.4, 0.5) is 24.5 Å². The van der Waals surface area contributed by atoms with Crippen LogP contribution in [0.2, 0.25) is 0 Å². The molecule has 0 spiro atoms. The molecule has 2 N–H and O–H groups in total. The molecule has 1 aliphatic rings. The van der Waals surface area contributed by atoms with Crippen molar-refractivity contribution >= 4 is 23.2 Å². The normalized spacial score (nSPS) is 18.6. The molecule has 0 bridgehead atoms. The number of benzene rings is 2. The molecule has 1 saturated carbocycles. The van der Waals surface area contributed by atoms with Crippen LogP contribution in [0, 0.1) is 23.4 Å². The summed E-state index contributed by atoms with van der Waals surface area (Å²) in [5, 5.41) is 4.85. The number of halogens is 3. The first-order valence-corrected chi connectivity index (χ1v) is 7.68. The largest absolute Gasteiger partial charge is 0.324 e. The van der Waals surface area contributed by atoms with Crippen molar-refractivity contribution in [2.24, 2.45) is 5.92 Å². The van der Waals surface area contributed by atoms with E-state index in [9.17, 15) is 22.8 Å². The van der Waals surface area contributed by atoms with Gasteiger partial charge in [-0.25, -0.2) is 13.2 Å². The Bertz CT molecular complexity index is 854. The topological polar surface area (TPSA) is 58.2 Å². The first kappa shape index (κ1) is 17.0. The lowest BCUT2D eigenvalue weighted by molar-refractivity contribution is -0.117. The first-order chi connectivity index (χ1) is 11.8. The van der Waals surface area contributed by atoms with E-state index in [1.165, 1.54) is 19.1 Å². The van der Waals surface area contributed by atoms with Crippen molar-refractivity contribution in [2.75, 3.05) is 10.6 Å². The van der Waals surface area contributed by atoms with Gasteiger partial charge in [0.25, 0.3) is 0 Å². The van der Waals surface area contributed by atoms with E-state index in [4.69, 9.17) is 0 Å². The van der Waals surface area contributed by atoms with E-state index < -0.39 is 23.4 Å². The predicted molar refractivity (Wildman–Crippen MR) is 86.5 cm³/mol. The van der Waals surface area contributed by atoms with E-state index in [1.54, 1.807) is 12.1 Å². The average molecular weight is 348 g/mol. The zero-order valence-corrected chi connectivity index (χ0v) is 13.3. The molecule has 2 aromatic carbocycles. The maximum atomic E-state index is 13.5. The highest BCUT2D eigenvalue weighted by Gasteiger charge is 2.44. The highest BCUT2D eigenvalue weighted by Crippen LogP contribution is 2.48. The maximum absolute atomic E-state index is 13.5. The highest BCUT2D eigenvalue weighted by molar-refractivity contribution is 6.01. The number of hydrogen-bond donors (Lipinski definition) is 2. The van der Waals surface area contributed by atoms with Crippen molar-refractivity contribution in [1.82, 2.24) is 0 Å². The molecule has 25 heavy (non-hydrogen) atoms. The number of carbonyl (C=O) groups excluding carboxylic acids is 2. The van der Waals surface area contributed by atoms with Crippen LogP contribution in [0.15, 0.2) is 36.4 Å². The molecule has 2 aromatic rings. The minimum atomic E-state index is -1.14. The Kier molecular flexibility index (Phi) is 4.48. The molecule has 3 rings (SSSR count). The summed E-state index contributed by atoms with van der Waals surface area (Å²) in [7, 11) is 0. The van der Waals surface area contributed by atoms with Crippen molar-refractivity contribution in [1.29, 1.82) is 0 Å². The predicted octanol–water partition coefficient (Wildman–Crippen LogP) is 3.80. The van der Waals surface area contributed by atoms with Gasteiger partial charge in [0.05, 0.1) is 11.4 Å². The van der Waals surface area contributed by atoms with Gasteiger partial charge in [0, 0.05) is 25.0 Å². The molecule has 1 fully saturated rings. The van der Waals surface area contributed by atoms with Crippen LogP contribution in [0.3, 0.4) is 0 Å². The second-order valence-electron chi connectivity index (χ2n) is 5.99. The molecule has 0 aliphatic heterocycles. The van der Waals surface area contributed by atoms with E-state index in [0.717, 1.165) is 12.1 Å². The van der Waals surface area contributed by atoms with Crippen molar-refractivity contribution in [3.8, 4) is 0 Å². The number of hydrogen-bond acceptors (Lipinski definition) is 2. The summed E-state index contributed by atoms with van der Waals surface area (Å²) < 4.78 is 40.1. The summed E-state index contributed by atoms with van der Waals surface area (Å²) in [5.74, 6) is -4.03. The second-order valence-corrected chi connectivity index (χ2v) is 5.99. The van der Waals surface area contributed by atoms with E-state index in [0.29, 0.717) is 12.0 Å². The van der Waals surface area contributed by atoms with Gasteiger partial charge < -0.3 is 10.6 Å². The van der Waals surface area contributed by atoms with Gasteiger partial charge >= 0.3 is 0 Å². The van der Waals surface area contributed by atoms with Gasteiger partial charge in [-0.05, 0) is 30.0 Å². The van der Waals surface area contributed by atoms with Crippen LogP contribution in [-0.2, 0) is 9.59 Å². The summed E-state index contributed by atoms with van der Waals surface area (Å²) in [6.07, 6.45) is 0.536. The Labute approximate surface area is 142 Å². The number of amides is 2. The summed E-state index contributed by atoms with van der Waals surface area (Å²) in [6.45, 7) is 1.22. The molecular formula is C18H15F3N2O2. The summed E-state index contributed by atoms with van der Waals surface area (Å²) >= 11 is 0. The van der Waals surface area contributed by atoms with Crippen molar-refractivity contribution in [2.45, 2.75) is 19.3 Å². The maximum Gasteiger partial charge on any atom is 0.228 e. The van der Waals surface area contributed by atoms with Gasteiger partial charge in [-0.15, -0.1) is 0 Å². The summed E-state index contributed by atoms with van der Waals surface area (Å²) in [4.78, 5) is 23.5. The molecule has 0 saturated heterocycles. The van der Waals surface area contributed by atoms with Crippen molar-refractivity contribution in [3.63, 3.8) is 0 Å². The molecule has 7 heteroatoms. The Balaban J connectivity index is 1.75. The Morgan fingerprint density at radius 3 is 2.24 bits per heavy atom. The third-order valence-corrected chi connectivity index (χ3v) is 4.03. The number of nitrogens with one attached hydrogen (secondary N) is 2. The van der Waals surface area contributed by atoms with Crippen LogP contribution in [0.5, 0.6) is 0 Å². The fraction of sp³-hybridized carbons (Fsp3) is 0.222. The molecule has 2 amide bonds. The van der Waals surface area contributed by atoms with E-state index in [1.807, 2.05) is 0 Å². The number of rotatable bonds is 4. The Morgan fingerprint density at radius 1 is 1.00 bits per heavy atom. The van der Waals surface area contributed by atoms with Crippen LogP contribution >= 0.6 is 0 Å². The lowest BCUT2D eigenvalue weighted by atomic mass is 10.1. The van der Waals surface area contributed by atoms with E-state index in [-0.39, 0.29) is 29.0 Å². The Hall–Kier alpha value is -2.83. The fourth-order valence-electron chi connectivity index (χ4n) is 2.76. The standard InChI is InChI=1S/C18H15F3N2O2/c1-9(24)22-16-7-14(20)15(21)8-17(16)23-18(25)13-6-12(13)10-3-2-4-11(19)5-10/h2-5,7-8,12-13H,6H2,1H3,(H,22,24)(H,23,25)/t12-,13+/m0/s1. The third-order valence-electron chi connectivity index (χ3n) is 4.03. The molecule has 130 valence electrons. The van der Waals surface area contributed by atoms with Crippen molar-refractivity contribution < 1.29 is 22.8 Å². The van der Waals surface area contributed by atoms with Gasteiger partial charge in [-0.1, -0.05) is 12.1 Å². The fourth-order valence-corrected chi connectivity index (χ4v) is 2.76. The number of anilines is 2. The van der Waals surface area contributed by atoms with Gasteiger partial charge in [-0.3, -0.25) is 9.59 Å². The third kappa shape index (κ3) is 3.81. The quantitative estimate of drug-likeness (QED) is 0.883. The van der Waals surface area contributed by atoms with Crippen LogP contribution < -0.4 is 10.6 Å². The van der Waals surface area contributed by atoms with Gasteiger partial charge in [-0.2, -0.15) is 0 Å². The lowest BCUT2D eigenvalue weighted by Crippen LogP contribution is -2.17. The van der Waals surface area contributed by atoms with Crippen LogP contribution in [0.25, 0.3) is 0 Å². The summed E-state index contributed by atoms with van der Waals surface area (Å²) in [6, 6.07) is 7.63. The first-order valence-electron chi connectivity index (χ1n) is 7.68. The zero-order valence-electron chi connectivity index (χ0n) is 13.3. The summed E-state index contributed by atoms with van der Waals surface area (Å²) in [5.41, 5.74) is 0.666. The minimum Gasteiger partial charge on any atom is -0.324 e. The smallest absolute Gasteiger partial charge is 0.228 e. The van der Waals surface area contributed by atoms with Gasteiger partial charge in [0.2, 0.25) is 11.8 Å². The molecule has 1 aliphatic carbocycles. The second kappa shape index (κ2) is 6.58. The molecule has 4 nitrogen and oxygen atoms in total. The van der Waals surface area contributed by atoms with Crippen LogP contribution in [0.1, 0.15) is 24.8 Å². The monoisotopic (exact) mass is 348 g/mol. The molecule has 0 aromatic heterocycles. The number of carbonyl (C=O) groups is 2. The lowest BCUT2D eigenvalue weighted by Gasteiger charge is -2.12. The molecular weight excluding hydrogens is 333 g/mol. The van der Waals surface area contributed by atoms with Crippen LogP contribution in [-0.4, -0.2) is 11.8 Å². The van der Waals surface area contributed by atoms with E-state index in [2.05, 4.69) is 10.6 Å². The van der Waals surface area contributed by atoms with Gasteiger partial charge in [0.15, 0.2) is 11.6 Å². The molecule has 0 heterocycles. The Morgan fingerprint density at radius 2 is 1.64 bits per heavy atom. The molecule has 0 radical (unpaired) electrons. The average Bonchev–Trinajstić information content (AvgIpc) is 3.32. The SMILES string of the molecule is CC(=O)Nc1cc(F)c(F)cc1NC(=O)[C@@H]1C[C@H]1c1cccc(F)c1. The molecule has 2 atom stereocenters. The molecule has 0 unspecified atom stereocenters. The van der Waals surface area contributed by atoms with Gasteiger partial charge in [0.1, 0.15) is 5.82 Å². The highest BCUT2D eigenvalue weighted by atomic mass is 19.2. The van der Waals surface area contributed by atoms with E-state index >= 15 is 0 Å². The van der Waals surface area contributed by atoms with Crippen molar-refractivity contribution in [3.05, 3.63) is 59.4 Å². The zero-order chi connectivity index (χ0) is 18.1. The minimum absolute atomic E-state index is 0.0241.